The lowest BCUT2D eigenvalue weighted by atomic mass is 9.85. The van der Waals surface area contributed by atoms with E-state index in [1.807, 2.05) is 30.4 Å². The zero-order valence-electron chi connectivity index (χ0n) is 11.8. The Morgan fingerprint density at radius 3 is 2.90 bits per heavy atom. The summed E-state index contributed by atoms with van der Waals surface area (Å²) in [5, 5.41) is 0. The average Bonchev–Trinajstić information content (AvgIpc) is 2.49. The normalized spacial score (nSPS) is 19.2. The third-order valence-corrected chi connectivity index (χ3v) is 3.77. The van der Waals surface area contributed by atoms with Gasteiger partial charge in [-0.25, -0.2) is 4.79 Å². The van der Waals surface area contributed by atoms with Crippen LogP contribution >= 0.6 is 0 Å². The molecule has 3 heteroatoms. The van der Waals surface area contributed by atoms with Crippen LogP contribution in [0.5, 0.6) is 0 Å². The molecule has 0 aromatic heterocycles. The van der Waals surface area contributed by atoms with Crippen molar-refractivity contribution in [1.82, 2.24) is 0 Å². The van der Waals surface area contributed by atoms with Gasteiger partial charge in [0.05, 0.1) is 12.7 Å². The first-order valence-corrected chi connectivity index (χ1v) is 7.09. The Labute approximate surface area is 119 Å². The van der Waals surface area contributed by atoms with Crippen molar-refractivity contribution in [2.24, 2.45) is 5.92 Å². The number of esters is 1. The quantitative estimate of drug-likeness (QED) is 0.786. The molecular formula is C17H20O3. The van der Waals surface area contributed by atoms with E-state index in [0.29, 0.717) is 11.3 Å². The van der Waals surface area contributed by atoms with Crippen molar-refractivity contribution in [2.45, 2.75) is 32.1 Å². The molecule has 20 heavy (non-hydrogen) atoms. The molecule has 1 aromatic carbocycles. The minimum absolute atomic E-state index is 0.158. The van der Waals surface area contributed by atoms with Crippen LogP contribution in [-0.2, 0) is 9.53 Å². The molecule has 0 aliphatic heterocycles. The highest BCUT2D eigenvalue weighted by atomic mass is 16.5. The van der Waals surface area contributed by atoms with Gasteiger partial charge in [-0.3, -0.25) is 4.79 Å². The number of rotatable bonds is 4. The molecule has 0 heterocycles. The predicted molar refractivity (Wildman–Crippen MR) is 78.4 cm³/mol. The number of hydrogen-bond donors (Lipinski definition) is 0. The number of allylic oxidation sites excluding steroid dienone is 1. The molecule has 106 valence electrons. The van der Waals surface area contributed by atoms with Crippen LogP contribution in [0, 0.1) is 5.92 Å². The van der Waals surface area contributed by atoms with Gasteiger partial charge in [0, 0.05) is 12.3 Å². The maximum atomic E-state index is 11.8. The first-order chi connectivity index (χ1) is 9.72. The zero-order valence-corrected chi connectivity index (χ0v) is 11.8. The molecule has 0 unspecified atom stereocenters. The summed E-state index contributed by atoms with van der Waals surface area (Å²) in [4.78, 5) is 23.4. The van der Waals surface area contributed by atoms with Crippen molar-refractivity contribution in [3.05, 3.63) is 41.5 Å². The van der Waals surface area contributed by atoms with Gasteiger partial charge in [0.15, 0.2) is 0 Å². The Morgan fingerprint density at radius 1 is 1.35 bits per heavy atom. The molecule has 3 nitrogen and oxygen atoms in total. The van der Waals surface area contributed by atoms with Gasteiger partial charge in [-0.1, -0.05) is 36.8 Å². The largest absolute Gasteiger partial charge is 0.465 e. The second-order valence-electron chi connectivity index (χ2n) is 5.13. The number of methoxy groups -OCH3 is 1. The number of carbonyl (C=O) groups is 2. The fourth-order valence-corrected chi connectivity index (χ4v) is 2.60. The summed E-state index contributed by atoms with van der Waals surface area (Å²) in [6.07, 6.45) is 8.55. The van der Waals surface area contributed by atoms with E-state index in [1.165, 1.54) is 7.11 Å². The molecule has 0 N–H and O–H groups in total. The minimum Gasteiger partial charge on any atom is -0.465 e. The van der Waals surface area contributed by atoms with Crippen molar-refractivity contribution in [3.8, 4) is 0 Å². The Bertz CT molecular complexity index is 517. The van der Waals surface area contributed by atoms with E-state index in [0.717, 1.165) is 37.7 Å². The Balaban J connectivity index is 2.04. The van der Waals surface area contributed by atoms with Crippen molar-refractivity contribution in [2.75, 3.05) is 7.11 Å². The van der Waals surface area contributed by atoms with Gasteiger partial charge in [-0.05, 0) is 30.9 Å². The van der Waals surface area contributed by atoms with Gasteiger partial charge in [-0.15, -0.1) is 0 Å². The van der Waals surface area contributed by atoms with E-state index in [1.54, 1.807) is 6.07 Å². The highest BCUT2D eigenvalue weighted by molar-refractivity contribution is 5.93. The van der Waals surface area contributed by atoms with Gasteiger partial charge in [-0.2, -0.15) is 0 Å². The fraction of sp³-hybridized carbons (Fsp3) is 0.412. The summed E-state index contributed by atoms with van der Waals surface area (Å²) in [6, 6.07) is 7.33. The van der Waals surface area contributed by atoms with Crippen LogP contribution in [0.1, 0.15) is 48.0 Å². The molecule has 1 aliphatic carbocycles. The standard InChI is InChI=1S/C17H20O3/c1-20-17(19)15-11-4-2-7-13(15)9-6-10-14-8-3-5-12-16(14)18/h2,4,6-7,9,11,14H,3,5,8,10,12H2,1H3/b9-6+/t14-/m1/s1. The lowest BCUT2D eigenvalue weighted by Crippen LogP contribution is -2.17. The van der Waals surface area contributed by atoms with Crippen LogP contribution in [0.15, 0.2) is 30.3 Å². The monoisotopic (exact) mass is 272 g/mol. The minimum atomic E-state index is -0.334. The van der Waals surface area contributed by atoms with Crippen LogP contribution in [-0.4, -0.2) is 18.9 Å². The summed E-state index contributed by atoms with van der Waals surface area (Å²) < 4.78 is 4.76. The number of Topliss-reactive ketones (excluding diaryl/α,β-unsaturated/α-hetero) is 1. The molecule has 0 saturated heterocycles. The third-order valence-electron chi connectivity index (χ3n) is 3.77. The Kier molecular flexibility index (Phi) is 5.10. The van der Waals surface area contributed by atoms with Crippen molar-refractivity contribution in [1.29, 1.82) is 0 Å². The maximum Gasteiger partial charge on any atom is 0.338 e. The molecule has 2 rings (SSSR count). The molecule has 1 aliphatic rings. The van der Waals surface area contributed by atoms with E-state index in [9.17, 15) is 9.59 Å². The molecule has 0 spiro atoms. The number of hydrogen-bond acceptors (Lipinski definition) is 3. The fourth-order valence-electron chi connectivity index (χ4n) is 2.60. The number of carbonyl (C=O) groups excluding carboxylic acids is 2. The van der Waals surface area contributed by atoms with Gasteiger partial charge in [0.1, 0.15) is 5.78 Å². The van der Waals surface area contributed by atoms with Crippen LogP contribution in [0.25, 0.3) is 6.08 Å². The van der Waals surface area contributed by atoms with Crippen molar-refractivity contribution < 1.29 is 14.3 Å². The predicted octanol–water partition coefficient (Wildman–Crippen LogP) is 3.64. The number of benzene rings is 1. The Hall–Kier alpha value is -1.90. The topological polar surface area (TPSA) is 43.4 Å². The number of ether oxygens (including phenoxy) is 1. The van der Waals surface area contributed by atoms with E-state index in [2.05, 4.69) is 0 Å². The van der Waals surface area contributed by atoms with E-state index < -0.39 is 0 Å². The van der Waals surface area contributed by atoms with Crippen LogP contribution in [0.3, 0.4) is 0 Å². The molecule has 1 aromatic rings. The first-order valence-electron chi connectivity index (χ1n) is 7.09. The molecule has 0 bridgehead atoms. The molecule has 1 fully saturated rings. The first kappa shape index (κ1) is 14.5. The van der Waals surface area contributed by atoms with Gasteiger partial charge >= 0.3 is 5.97 Å². The second kappa shape index (κ2) is 7.04. The summed E-state index contributed by atoms with van der Waals surface area (Å²) in [5.41, 5.74) is 1.39. The molecule has 0 radical (unpaired) electrons. The van der Waals surface area contributed by atoms with Crippen LogP contribution < -0.4 is 0 Å². The highest BCUT2D eigenvalue weighted by Gasteiger charge is 2.20. The van der Waals surface area contributed by atoms with E-state index in [4.69, 9.17) is 4.74 Å². The van der Waals surface area contributed by atoms with Crippen molar-refractivity contribution in [3.63, 3.8) is 0 Å². The van der Waals surface area contributed by atoms with E-state index >= 15 is 0 Å². The van der Waals surface area contributed by atoms with Crippen LogP contribution in [0.4, 0.5) is 0 Å². The molecular weight excluding hydrogens is 252 g/mol. The van der Waals surface area contributed by atoms with Gasteiger partial charge in [0.2, 0.25) is 0 Å². The highest BCUT2D eigenvalue weighted by Crippen LogP contribution is 2.24. The van der Waals surface area contributed by atoms with Gasteiger partial charge < -0.3 is 4.74 Å². The Morgan fingerprint density at radius 2 is 2.15 bits per heavy atom. The van der Waals surface area contributed by atoms with Crippen molar-refractivity contribution >= 4 is 17.8 Å². The van der Waals surface area contributed by atoms with E-state index in [-0.39, 0.29) is 11.9 Å². The third kappa shape index (κ3) is 3.56. The molecule has 1 atom stereocenters. The summed E-state index contributed by atoms with van der Waals surface area (Å²) >= 11 is 0. The summed E-state index contributed by atoms with van der Waals surface area (Å²) in [6.45, 7) is 0. The second-order valence-corrected chi connectivity index (χ2v) is 5.13. The maximum absolute atomic E-state index is 11.8. The molecule has 0 amide bonds. The number of ketones is 1. The summed E-state index contributed by atoms with van der Waals surface area (Å²) in [5.74, 6) is 0.200. The van der Waals surface area contributed by atoms with Gasteiger partial charge in [0.25, 0.3) is 0 Å². The van der Waals surface area contributed by atoms with Crippen LogP contribution in [0.2, 0.25) is 0 Å². The lowest BCUT2D eigenvalue weighted by molar-refractivity contribution is -0.124. The lowest BCUT2D eigenvalue weighted by Gasteiger charge is -2.18. The SMILES string of the molecule is COC(=O)c1ccccc1/C=C/C[C@H]1CCCCC1=O. The molecule has 1 saturated carbocycles. The zero-order chi connectivity index (χ0) is 14.4. The smallest absolute Gasteiger partial charge is 0.338 e. The summed E-state index contributed by atoms with van der Waals surface area (Å²) in [7, 11) is 1.38. The average molecular weight is 272 g/mol.